The van der Waals surface area contributed by atoms with Gasteiger partial charge in [0.05, 0.1) is 5.52 Å². The van der Waals surface area contributed by atoms with Gasteiger partial charge >= 0.3 is 0 Å². The Balaban J connectivity index is 2.18. The minimum Gasteiger partial charge on any atom is -0.253 e. The van der Waals surface area contributed by atoms with Gasteiger partial charge in [0.25, 0.3) is 0 Å². The number of nitrogens with zero attached hydrogens (tertiary/aromatic N) is 1. The van der Waals surface area contributed by atoms with Crippen LogP contribution in [0.4, 0.5) is 0 Å². The van der Waals surface area contributed by atoms with E-state index < -0.39 is 0 Å². The van der Waals surface area contributed by atoms with E-state index >= 15 is 0 Å². The normalized spacial score (nSPS) is 16.0. The number of hydrogen-bond acceptors (Lipinski definition) is 1. The van der Waals surface area contributed by atoms with Gasteiger partial charge in [-0.25, -0.2) is 0 Å². The van der Waals surface area contributed by atoms with Gasteiger partial charge < -0.3 is 0 Å². The average Bonchev–Trinajstić information content (AvgIpc) is 3.00. The Labute approximate surface area is 84.6 Å². The molecule has 0 atom stereocenters. The highest BCUT2D eigenvalue weighted by Crippen LogP contribution is 2.39. The maximum absolute atomic E-state index is 4.68. The number of hydrogen-bond donors (Lipinski definition) is 0. The fraction of sp³-hybridized carbons (Fsp3) is 0.250. The van der Waals surface area contributed by atoms with Crippen LogP contribution in [0.5, 0.6) is 0 Å². The second-order valence-corrected chi connectivity index (χ2v) is 4.21. The molecule has 14 heavy (non-hydrogen) atoms. The van der Waals surface area contributed by atoms with Crippen molar-refractivity contribution in [1.82, 2.24) is 4.98 Å². The number of aromatic nitrogens is 1. The maximum atomic E-state index is 4.68. The van der Waals surface area contributed by atoms with E-state index in [0.29, 0.717) is 0 Å². The molecule has 0 amide bonds. The first-order valence-corrected chi connectivity index (χ1v) is 5.20. The van der Waals surface area contributed by atoms with Crippen molar-refractivity contribution in [1.29, 1.82) is 0 Å². The van der Waals surface area contributed by atoms with Gasteiger partial charge in [-0.1, -0.05) is 23.7 Å². The van der Waals surface area contributed by atoms with E-state index in [1.54, 1.807) is 0 Å². The number of pyridine rings is 1. The summed E-state index contributed by atoms with van der Waals surface area (Å²) in [6.07, 6.45) is 2.65. The lowest BCUT2D eigenvalue weighted by Crippen LogP contribution is -2.00. The molecule has 0 saturated heterocycles. The van der Waals surface area contributed by atoms with Gasteiger partial charge in [-0.2, -0.15) is 0 Å². The molecule has 0 radical (unpaired) electrons. The summed E-state index contributed by atoms with van der Waals surface area (Å²) in [6, 6.07) is 10.8. The highest BCUT2D eigenvalue weighted by molar-refractivity contribution is 6.33. The summed E-state index contributed by atoms with van der Waals surface area (Å²) in [5.41, 5.74) is 3.72. The first-order chi connectivity index (χ1) is 6.83. The van der Waals surface area contributed by atoms with Crippen molar-refractivity contribution in [3.05, 3.63) is 36.0 Å². The Morgan fingerprint density at radius 1 is 1.14 bits per heavy atom. The van der Waals surface area contributed by atoms with Crippen LogP contribution in [0, 0.1) is 0 Å². The quantitative estimate of drug-likeness (QED) is 0.605. The highest BCUT2D eigenvalue weighted by Gasteiger charge is 2.24. The lowest BCUT2D eigenvalue weighted by atomic mass is 9.94. The van der Waals surface area contributed by atoms with Crippen molar-refractivity contribution in [2.45, 2.75) is 18.8 Å². The summed E-state index contributed by atoms with van der Waals surface area (Å²) < 4.78 is 0. The van der Waals surface area contributed by atoms with Gasteiger partial charge in [-0.15, -0.1) is 0 Å². The van der Waals surface area contributed by atoms with E-state index in [1.807, 2.05) is 0 Å². The third kappa shape index (κ3) is 1.31. The molecule has 2 aromatic rings. The van der Waals surface area contributed by atoms with Crippen LogP contribution in [0.25, 0.3) is 10.9 Å². The van der Waals surface area contributed by atoms with Gasteiger partial charge in [0, 0.05) is 11.6 Å². The third-order valence-electron chi connectivity index (χ3n) is 2.86. The molecule has 1 nitrogen and oxygen atoms in total. The zero-order valence-electron chi connectivity index (χ0n) is 8.33. The molecule has 0 N–H and O–H groups in total. The molecule has 1 heterocycles. The van der Waals surface area contributed by atoms with E-state index in [0.717, 1.165) is 11.4 Å². The average molecular weight is 181 g/mol. The molecule has 1 aromatic carbocycles. The molecule has 1 fully saturated rings. The molecule has 1 aliphatic carbocycles. The molecule has 1 aliphatic rings. The Kier molecular flexibility index (Phi) is 1.63. The van der Waals surface area contributed by atoms with E-state index in [2.05, 4.69) is 43.2 Å². The van der Waals surface area contributed by atoms with Gasteiger partial charge in [-0.05, 0) is 30.4 Å². The Morgan fingerprint density at radius 3 is 2.79 bits per heavy atom. The highest BCUT2D eigenvalue weighted by atomic mass is 14.7. The summed E-state index contributed by atoms with van der Waals surface area (Å²) in [6.45, 7) is 0. The molecule has 2 heteroatoms. The number of benzene rings is 1. The smallest absolute Gasteiger partial charge is 0.139 e. The summed E-state index contributed by atoms with van der Waals surface area (Å²) in [5.74, 6) is 0.751. The molecular formula is C12H12BN. The summed E-state index contributed by atoms with van der Waals surface area (Å²) in [5, 5.41) is 1.26. The monoisotopic (exact) mass is 181 g/mol. The molecule has 0 unspecified atom stereocenters. The van der Waals surface area contributed by atoms with Crippen molar-refractivity contribution in [3.63, 3.8) is 0 Å². The van der Waals surface area contributed by atoms with Crippen molar-refractivity contribution in [3.8, 4) is 0 Å². The topological polar surface area (TPSA) is 12.9 Å². The molecule has 0 bridgehead atoms. The minimum absolute atomic E-state index is 0.751. The van der Waals surface area contributed by atoms with Crippen LogP contribution < -0.4 is 5.46 Å². The van der Waals surface area contributed by atoms with Crippen LogP contribution in [-0.2, 0) is 0 Å². The van der Waals surface area contributed by atoms with Crippen LogP contribution in [0.15, 0.2) is 30.3 Å². The van der Waals surface area contributed by atoms with Gasteiger partial charge in [0.15, 0.2) is 0 Å². The predicted octanol–water partition coefficient (Wildman–Crippen LogP) is 1.37. The van der Waals surface area contributed by atoms with Gasteiger partial charge in [0.1, 0.15) is 7.85 Å². The van der Waals surface area contributed by atoms with Crippen molar-refractivity contribution in [2.75, 3.05) is 0 Å². The molecule has 3 rings (SSSR count). The van der Waals surface area contributed by atoms with Crippen LogP contribution in [0.1, 0.15) is 24.5 Å². The number of rotatable bonds is 1. The Morgan fingerprint density at radius 2 is 2.00 bits per heavy atom. The minimum atomic E-state index is 0.751. The maximum Gasteiger partial charge on any atom is 0.139 e. The van der Waals surface area contributed by atoms with Gasteiger partial charge in [-0.3, -0.25) is 4.98 Å². The molecule has 0 spiro atoms. The van der Waals surface area contributed by atoms with E-state index in [9.17, 15) is 0 Å². The number of fused-ring (bicyclic) bond motifs is 1. The summed E-state index contributed by atoms with van der Waals surface area (Å²) in [7, 11) is 2.12. The fourth-order valence-electron chi connectivity index (χ4n) is 1.87. The predicted molar refractivity (Wildman–Crippen MR) is 61.9 cm³/mol. The third-order valence-corrected chi connectivity index (χ3v) is 2.86. The Bertz CT molecular complexity index is 489. The first-order valence-electron chi connectivity index (χ1n) is 5.20. The molecule has 0 aliphatic heterocycles. The van der Waals surface area contributed by atoms with Crippen molar-refractivity contribution >= 4 is 24.2 Å². The van der Waals surface area contributed by atoms with Crippen LogP contribution in [0.2, 0.25) is 0 Å². The van der Waals surface area contributed by atoms with Gasteiger partial charge in [0.2, 0.25) is 0 Å². The molecular weight excluding hydrogens is 169 g/mol. The molecule has 1 saturated carbocycles. The second-order valence-electron chi connectivity index (χ2n) is 4.21. The van der Waals surface area contributed by atoms with Crippen molar-refractivity contribution < 1.29 is 0 Å². The second kappa shape index (κ2) is 2.84. The van der Waals surface area contributed by atoms with E-state index in [4.69, 9.17) is 0 Å². The van der Waals surface area contributed by atoms with Crippen molar-refractivity contribution in [2.24, 2.45) is 0 Å². The zero-order chi connectivity index (χ0) is 9.54. The zero-order valence-corrected chi connectivity index (χ0v) is 8.33. The fourth-order valence-corrected chi connectivity index (χ4v) is 1.87. The van der Waals surface area contributed by atoms with E-state index in [-0.39, 0.29) is 0 Å². The standard InChI is InChI=1S/C12H12BN/c13-10-4-6-12-9(7-10)3-5-11(14-12)8-1-2-8/h3-8H,1-2,13H2. The SMILES string of the molecule is Bc1ccc2nc(C3CC3)ccc2c1. The lowest BCUT2D eigenvalue weighted by molar-refractivity contribution is 1.04. The molecule has 1 aromatic heterocycles. The van der Waals surface area contributed by atoms with Crippen LogP contribution in [-0.4, -0.2) is 12.8 Å². The first kappa shape index (κ1) is 8.04. The van der Waals surface area contributed by atoms with Crippen LogP contribution >= 0.6 is 0 Å². The lowest BCUT2D eigenvalue weighted by Gasteiger charge is -2.01. The largest absolute Gasteiger partial charge is 0.253 e. The Hall–Kier alpha value is -1.31. The van der Waals surface area contributed by atoms with Crippen LogP contribution in [0.3, 0.4) is 0 Å². The summed E-state index contributed by atoms with van der Waals surface area (Å²) >= 11 is 0. The summed E-state index contributed by atoms with van der Waals surface area (Å²) in [4.78, 5) is 4.68. The van der Waals surface area contributed by atoms with E-state index in [1.165, 1.54) is 29.4 Å². The molecule has 68 valence electrons.